The number of phosphoric ester groups is 2. The van der Waals surface area contributed by atoms with Gasteiger partial charge in [-0.25, -0.2) is 9.13 Å². The lowest BCUT2D eigenvalue weighted by molar-refractivity contribution is -0.161. The maximum Gasteiger partial charge on any atom is 0.472 e. The Balaban J connectivity index is 5.16. The molecule has 17 nitrogen and oxygen atoms in total. The molecule has 0 aromatic heterocycles. The Morgan fingerprint density at radius 2 is 0.433 bits per heavy atom. The van der Waals surface area contributed by atoms with Crippen LogP contribution in [0.3, 0.4) is 0 Å². The number of ether oxygens (including phenoxy) is 4. The van der Waals surface area contributed by atoms with E-state index in [1.54, 1.807) is 0 Å². The van der Waals surface area contributed by atoms with E-state index >= 15 is 0 Å². The van der Waals surface area contributed by atoms with Crippen molar-refractivity contribution in [2.75, 3.05) is 39.6 Å². The van der Waals surface area contributed by atoms with E-state index < -0.39 is 97.5 Å². The minimum Gasteiger partial charge on any atom is -0.462 e. The van der Waals surface area contributed by atoms with Gasteiger partial charge in [0.05, 0.1) is 26.4 Å². The number of unbranched alkanes of at least 4 members (excludes halogenated alkanes) is 41. The molecule has 0 amide bonds. The Morgan fingerprint density at radius 1 is 0.258 bits per heavy atom. The maximum atomic E-state index is 13.1. The van der Waals surface area contributed by atoms with Gasteiger partial charge >= 0.3 is 39.5 Å². The maximum absolute atomic E-state index is 13.1. The van der Waals surface area contributed by atoms with Crippen LogP contribution in [-0.4, -0.2) is 96.7 Å². The molecular formula is C78H152O17P2. The molecular weight excluding hydrogens is 1270 g/mol. The van der Waals surface area contributed by atoms with Gasteiger partial charge in [0.1, 0.15) is 19.3 Å². The van der Waals surface area contributed by atoms with Crippen LogP contribution in [0.4, 0.5) is 0 Å². The van der Waals surface area contributed by atoms with Crippen LogP contribution < -0.4 is 0 Å². The van der Waals surface area contributed by atoms with Crippen molar-refractivity contribution in [3.05, 3.63) is 0 Å². The Kier molecular flexibility index (Phi) is 65.9. The zero-order chi connectivity index (χ0) is 71.7. The quantitative estimate of drug-likeness (QED) is 0.0222. The average molecular weight is 1420 g/mol. The molecule has 0 radical (unpaired) electrons. The van der Waals surface area contributed by atoms with Crippen LogP contribution in [0.25, 0.3) is 0 Å². The van der Waals surface area contributed by atoms with Crippen molar-refractivity contribution >= 4 is 39.5 Å². The molecule has 3 unspecified atom stereocenters. The molecule has 19 heteroatoms. The van der Waals surface area contributed by atoms with E-state index in [1.165, 1.54) is 193 Å². The second-order valence-corrected chi connectivity index (χ2v) is 32.9. The molecule has 0 aromatic rings. The van der Waals surface area contributed by atoms with Gasteiger partial charge < -0.3 is 33.8 Å². The number of phosphoric acid groups is 2. The first-order valence-electron chi connectivity index (χ1n) is 40.2. The lowest BCUT2D eigenvalue weighted by atomic mass is 10.0. The van der Waals surface area contributed by atoms with E-state index in [2.05, 4.69) is 55.4 Å². The summed E-state index contributed by atoms with van der Waals surface area (Å²) in [6.45, 7) is 14.1. The highest BCUT2D eigenvalue weighted by Crippen LogP contribution is 2.45. The van der Waals surface area contributed by atoms with Crippen molar-refractivity contribution in [3.8, 4) is 0 Å². The summed E-state index contributed by atoms with van der Waals surface area (Å²) in [7, 11) is -9.91. The van der Waals surface area contributed by atoms with Gasteiger partial charge in [-0.3, -0.25) is 37.3 Å². The van der Waals surface area contributed by atoms with Gasteiger partial charge in [-0.15, -0.1) is 0 Å². The van der Waals surface area contributed by atoms with Gasteiger partial charge in [-0.1, -0.05) is 344 Å². The third-order valence-corrected chi connectivity index (χ3v) is 20.0. The predicted molar refractivity (Wildman–Crippen MR) is 395 cm³/mol. The molecule has 0 saturated carbocycles. The summed E-state index contributed by atoms with van der Waals surface area (Å²) in [5.41, 5.74) is 0. The van der Waals surface area contributed by atoms with Crippen LogP contribution in [0.15, 0.2) is 0 Å². The van der Waals surface area contributed by atoms with E-state index in [4.69, 9.17) is 37.0 Å². The molecule has 0 fully saturated rings. The van der Waals surface area contributed by atoms with Crippen LogP contribution >= 0.6 is 15.6 Å². The SMILES string of the molecule is CC(C)CCCCCCCCCCCCCCCCCCCCC(=O)O[C@H](COC(=O)CCCCCCCCCC(C)C)COP(=O)(O)OCC(O)COP(=O)(O)OC[C@@H](COC(=O)CCCCCCCCCCCCCCCC(C)C)OC(=O)CCCCCCCCCC(C)C. The van der Waals surface area contributed by atoms with Crippen molar-refractivity contribution in [2.45, 2.75) is 414 Å². The van der Waals surface area contributed by atoms with Gasteiger partial charge in [-0.2, -0.15) is 0 Å². The van der Waals surface area contributed by atoms with Crippen LogP contribution in [0.5, 0.6) is 0 Å². The summed E-state index contributed by atoms with van der Waals surface area (Å²) >= 11 is 0. The molecule has 0 heterocycles. The lowest BCUT2D eigenvalue weighted by Crippen LogP contribution is -2.30. The molecule has 0 aliphatic rings. The minimum absolute atomic E-state index is 0.103. The standard InChI is InChI=1S/C78H152O17P2/c1-68(2)54-46-38-30-24-20-16-13-11-9-10-12-14-18-23-27-35-44-52-60-77(82)94-73(65-89-76(81)59-51-43-36-28-32-40-48-56-70(5)6)66-92-96(84,85)90-62-72(79)63-91-97(86,87)93-67-74(95-78(83)61-53-45-37-29-33-41-49-57-71(7)8)64-88-75(80)58-50-42-34-26-22-19-15-17-21-25-31-39-47-55-69(3)4/h68-74,79H,9-67H2,1-8H3,(H,84,85)(H,86,87)/t72?,73-,74-/m1/s1. The van der Waals surface area contributed by atoms with Gasteiger partial charge in [0, 0.05) is 25.7 Å². The third-order valence-electron chi connectivity index (χ3n) is 18.1. The number of hydrogen-bond donors (Lipinski definition) is 3. The summed E-state index contributed by atoms with van der Waals surface area (Å²) < 4.78 is 68.5. The fraction of sp³-hybridized carbons (Fsp3) is 0.949. The Labute approximate surface area is 594 Å². The van der Waals surface area contributed by atoms with Gasteiger partial charge in [0.15, 0.2) is 12.2 Å². The number of hydrogen-bond acceptors (Lipinski definition) is 15. The van der Waals surface area contributed by atoms with Gasteiger partial charge in [-0.05, 0) is 49.4 Å². The van der Waals surface area contributed by atoms with E-state index in [1.807, 2.05) is 0 Å². The van der Waals surface area contributed by atoms with E-state index in [9.17, 15) is 43.2 Å². The van der Waals surface area contributed by atoms with Gasteiger partial charge in [0.25, 0.3) is 0 Å². The van der Waals surface area contributed by atoms with Crippen molar-refractivity contribution in [1.82, 2.24) is 0 Å². The van der Waals surface area contributed by atoms with Crippen molar-refractivity contribution < 1.29 is 80.2 Å². The molecule has 576 valence electrons. The highest BCUT2D eigenvalue weighted by Gasteiger charge is 2.30. The molecule has 0 aliphatic heterocycles. The highest BCUT2D eigenvalue weighted by atomic mass is 31.2. The molecule has 0 saturated heterocycles. The first-order chi connectivity index (χ1) is 46.6. The normalized spacial score (nSPS) is 14.1. The predicted octanol–water partition coefficient (Wildman–Crippen LogP) is 22.8. The van der Waals surface area contributed by atoms with Crippen LogP contribution in [-0.2, 0) is 65.4 Å². The molecule has 0 bridgehead atoms. The Hall–Kier alpha value is -1.94. The van der Waals surface area contributed by atoms with E-state index in [-0.39, 0.29) is 25.7 Å². The lowest BCUT2D eigenvalue weighted by Gasteiger charge is -2.21. The second kappa shape index (κ2) is 67.2. The number of rotatable bonds is 75. The van der Waals surface area contributed by atoms with Crippen LogP contribution in [0.2, 0.25) is 0 Å². The summed E-state index contributed by atoms with van der Waals surface area (Å²) in [5.74, 6) is 0.890. The number of aliphatic hydroxyl groups excluding tert-OH is 1. The summed E-state index contributed by atoms with van der Waals surface area (Å²) in [6.07, 6.45) is 53.0. The monoisotopic (exact) mass is 1420 g/mol. The second-order valence-electron chi connectivity index (χ2n) is 30.0. The fourth-order valence-corrected chi connectivity index (χ4v) is 13.5. The molecule has 0 aromatic carbocycles. The first kappa shape index (κ1) is 95.1. The van der Waals surface area contributed by atoms with Gasteiger partial charge in [0.2, 0.25) is 0 Å². The molecule has 5 atom stereocenters. The smallest absolute Gasteiger partial charge is 0.462 e. The van der Waals surface area contributed by atoms with Crippen molar-refractivity contribution in [3.63, 3.8) is 0 Å². The highest BCUT2D eigenvalue weighted by molar-refractivity contribution is 7.47. The van der Waals surface area contributed by atoms with E-state index in [0.717, 1.165) is 108 Å². The summed E-state index contributed by atoms with van der Waals surface area (Å²) in [4.78, 5) is 72.8. The number of aliphatic hydroxyl groups is 1. The number of carbonyl (C=O) groups is 4. The molecule has 3 N–H and O–H groups in total. The van der Waals surface area contributed by atoms with Crippen LogP contribution in [0, 0.1) is 23.7 Å². The summed E-state index contributed by atoms with van der Waals surface area (Å²) in [6, 6.07) is 0. The first-order valence-corrected chi connectivity index (χ1v) is 43.2. The number of carbonyl (C=O) groups excluding carboxylic acids is 4. The van der Waals surface area contributed by atoms with Crippen molar-refractivity contribution in [1.29, 1.82) is 0 Å². The fourth-order valence-electron chi connectivity index (χ4n) is 11.9. The zero-order valence-electron chi connectivity index (χ0n) is 63.7. The Bertz CT molecular complexity index is 1900. The minimum atomic E-state index is -4.96. The molecule has 0 aliphatic carbocycles. The van der Waals surface area contributed by atoms with Crippen molar-refractivity contribution in [2.24, 2.45) is 23.7 Å². The average Bonchev–Trinajstić information content (AvgIpc) is 1.03. The topological polar surface area (TPSA) is 237 Å². The largest absolute Gasteiger partial charge is 0.472 e. The zero-order valence-corrected chi connectivity index (χ0v) is 65.5. The summed E-state index contributed by atoms with van der Waals surface area (Å²) in [5, 5.41) is 10.6. The number of esters is 4. The molecule has 97 heavy (non-hydrogen) atoms. The molecule has 0 spiro atoms. The molecule has 0 rings (SSSR count). The third kappa shape index (κ3) is 72.2. The van der Waals surface area contributed by atoms with E-state index in [0.29, 0.717) is 37.5 Å². The Morgan fingerprint density at radius 3 is 0.639 bits per heavy atom. The van der Waals surface area contributed by atoms with Crippen LogP contribution in [0.1, 0.15) is 396 Å².